The molecule has 0 radical (unpaired) electrons. The normalized spacial score (nSPS) is 22.3. The van der Waals surface area contributed by atoms with Gasteiger partial charge in [0.15, 0.2) is 4.91 Å². The second-order valence-corrected chi connectivity index (χ2v) is 9.45. The molecule has 1 aliphatic carbocycles. The van der Waals surface area contributed by atoms with Crippen molar-refractivity contribution in [2.24, 2.45) is 5.92 Å². The molecular weight excluding hydrogens is 371 g/mol. The van der Waals surface area contributed by atoms with E-state index in [9.17, 15) is 17.6 Å². The van der Waals surface area contributed by atoms with Gasteiger partial charge in [-0.25, -0.2) is 17.6 Å². The number of benzene rings is 1. The van der Waals surface area contributed by atoms with Gasteiger partial charge < -0.3 is 14.5 Å². The summed E-state index contributed by atoms with van der Waals surface area (Å²) in [6.45, 7) is 3.67. The molecule has 6 nitrogen and oxygen atoms in total. The molecule has 0 amide bonds. The lowest BCUT2D eigenvalue weighted by molar-refractivity contribution is -0.135. The van der Waals surface area contributed by atoms with Crippen LogP contribution in [0.4, 0.5) is 15.8 Å². The van der Waals surface area contributed by atoms with E-state index in [2.05, 4.69) is 11.7 Å². The van der Waals surface area contributed by atoms with Crippen LogP contribution < -0.4 is 9.80 Å². The van der Waals surface area contributed by atoms with Crippen LogP contribution in [0, 0.1) is 11.7 Å². The Morgan fingerprint density at radius 2 is 1.81 bits per heavy atom. The van der Waals surface area contributed by atoms with Gasteiger partial charge in [0, 0.05) is 25.3 Å². The lowest BCUT2D eigenvalue weighted by Gasteiger charge is -2.34. The van der Waals surface area contributed by atoms with E-state index in [1.165, 1.54) is 6.20 Å². The van der Waals surface area contributed by atoms with Gasteiger partial charge in [-0.2, -0.15) is 0 Å². The number of halogens is 1. The van der Waals surface area contributed by atoms with Crippen LogP contribution in [0.3, 0.4) is 0 Å². The molecule has 1 aromatic rings. The smallest absolute Gasteiger partial charge is 0.351 e. The zero-order valence-electron chi connectivity index (χ0n) is 15.4. The average molecular weight is 394 g/mol. The van der Waals surface area contributed by atoms with E-state index in [1.807, 2.05) is 4.90 Å². The zero-order chi connectivity index (χ0) is 19.3. The Labute approximate surface area is 158 Å². The van der Waals surface area contributed by atoms with Gasteiger partial charge in [0.1, 0.15) is 5.82 Å². The van der Waals surface area contributed by atoms with Gasteiger partial charge in [-0.05, 0) is 43.7 Å². The minimum atomic E-state index is -4.13. The number of hydrogen-bond acceptors (Lipinski definition) is 6. The molecule has 0 bridgehead atoms. The Kier molecular flexibility index (Phi) is 4.41. The molecule has 2 heterocycles. The van der Waals surface area contributed by atoms with Crippen molar-refractivity contribution in [1.29, 1.82) is 0 Å². The molecule has 2 aliphatic heterocycles. The highest BCUT2D eigenvalue weighted by atomic mass is 32.2. The van der Waals surface area contributed by atoms with E-state index in [0.29, 0.717) is 17.3 Å². The van der Waals surface area contributed by atoms with Crippen molar-refractivity contribution in [3.8, 4) is 0 Å². The molecule has 1 saturated carbocycles. The standard InChI is InChI=1S/C19H23FN2O4S/c1-12-5-7-21(8-6-12)15-10-16-17(9-14(15)20)27(24,25)18(19(23)26-2)11-22(16)13-3-4-13/h9-13H,3-8H2,1-2H3. The molecular formula is C19H23FN2O4S. The number of nitrogens with zero attached hydrogens (tertiary/aromatic N) is 2. The summed E-state index contributed by atoms with van der Waals surface area (Å²) in [5, 5.41) is 0. The number of sulfone groups is 1. The molecule has 0 N–H and O–H groups in total. The van der Waals surface area contributed by atoms with Crippen LogP contribution in [0.5, 0.6) is 0 Å². The number of hydrogen-bond donors (Lipinski definition) is 0. The molecule has 146 valence electrons. The summed E-state index contributed by atoms with van der Waals surface area (Å²) in [4.78, 5) is 15.2. The number of carbonyl (C=O) groups is 1. The van der Waals surface area contributed by atoms with Crippen molar-refractivity contribution in [1.82, 2.24) is 0 Å². The summed E-state index contributed by atoms with van der Waals surface area (Å²) in [6.07, 6.45) is 5.11. The summed E-state index contributed by atoms with van der Waals surface area (Å²) >= 11 is 0. The molecule has 8 heteroatoms. The fourth-order valence-corrected chi connectivity index (χ4v) is 5.23. The van der Waals surface area contributed by atoms with Crippen molar-refractivity contribution in [2.75, 3.05) is 30.0 Å². The Balaban J connectivity index is 1.82. The molecule has 1 saturated heterocycles. The zero-order valence-corrected chi connectivity index (χ0v) is 16.3. The second-order valence-electron chi connectivity index (χ2n) is 7.57. The first-order valence-corrected chi connectivity index (χ1v) is 10.7. The number of methoxy groups -OCH3 is 1. The Morgan fingerprint density at radius 3 is 2.41 bits per heavy atom. The van der Waals surface area contributed by atoms with Gasteiger partial charge in [-0.1, -0.05) is 6.92 Å². The molecule has 27 heavy (non-hydrogen) atoms. The highest BCUT2D eigenvalue weighted by molar-refractivity contribution is 7.96. The largest absolute Gasteiger partial charge is 0.465 e. The SMILES string of the molecule is COC(=O)C1=CN(C2CC2)c2cc(N3CCC(C)CC3)c(F)cc2S1(=O)=O. The van der Waals surface area contributed by atoms with E-state index in [-0.39, 0.29) is 10.9 Å². The third-order valence-electron chi connectivity index (χ3n) is 5.59. The van der Waals surface area contributed by atoms with Crippen LogP contribution in [0.15, 0.2) is 28.1 Å². The van der Waals surface area contributed by atoms with E-state index < -0.39 is 26.5 Å². The average Bonchev–Trinajstić information content (AvgIpc) is 3.47. The van der Waals surface area contributed by atoms with Crippen LogP contribution in [0.2, 0.25) is 0 Å². The van der Waals surface area contributed by atoms with Crippen LogP contribution in [0.25, 0.3) is 0 Å². The quantitative estimate of drug-likeness (QED) is 0.735. The summed E-state index contributed by atoms with van der Waals surface area (Å²) in [6, 6.07) is 2.81. The first-order chi connectivity index (χ1) is 12.8. The third-order valence-corrected chi connectivity index (χ3v) is 7.35. The van der Waals surface area contributed by atoms with Crippen LogP contribution in [-0.4, -0.2) is 40.6 Å². The predicted molar refractivity (Wildman–Crippen MR) is 99.8 cm³/mol. The molecule has 3 aliphatic rings. The summed E-state index contributed by atoms with van der Waals surface area (Å²) in [7, 11) is -2.99. The number of carbonyl (C=O) groups excluding carboxylic acids is 1. The Bertz CT molecular complexity index is 916. The highest BCUT2D eigenvalue weighted by Crippen LogP contribution is 2.44. The number of ether oxygens (including phenoxy) is 1. The number of piperidine rings is 1. The molecule has 4 rings (SSSR count). The number of esters is 1. The lowest BCUT2D eigenvalue weighted by Crippen LogP contribution is -2.35. The number of anilines is 2. The van der Waals surface area contributed by atoms with E-state index in [0.717, 1.165) is 51.9 Å². The van der Waals surface area contributed by atoms with E-state index in [1.54, 1.807) is 11.0 Å². The first kappa shape index (κ1) is 18.3. The van der Waals surface area contributed by atoms with Crippen LogP contribution in [0.1, 0.15) is 32.6 Å². The topological polar surface area (TPSA) is 66.9 Å². The van der Waals surface area contributed by atoms with Crippen molar-refractivity contribution in [3.05, 3.63) is 29.1 Å². The molecule has 0 spiro atoms. The van der Waals surface area contributed by atoms with Crippen LogP contribution in [-0.2, 0) is 19.4 Å². The molecule has 1 aromatic carbocycles. The van der Waals surface area contributed by atoms with Gasteiger partial charge in [-0.3, -0.25) is 0 Å². The fraction of sp³-hybridized carbons (Fsp3) is 0.526. The summed E-state index contributed by atoms with van der Waals surface area (Å²) < 4.78 is 45.3. The number of rotatable bonds is 3. The first-order valence-electron chi connectivity index (χ1n) is 9.25. The van der Waals surface area contributed by atoms with Gasteiger partial charge in [0.05, 0.1) is 23.4 Å². The molecule has 0 aromatic heterocycles. The van der Waals surface area contributed by atoms with Gasteiger partial charge in [0.2, 0.25) is 9.84 Å². The number of fused-ring (bicyclic) bond motifs is 1. The summed E-state index contributed by atoms with van der Waals surface area (Å²) in [5.74, 6) is -0.898. The minimum Gasteiger partial charge on any atom is -0.465 e. The third kappa shape index (κ3) is 3.09. The maximum Gasteiger partial charge on any atom is 0.351 e. The van der Waals surface area contributed by atoms with Crippen molar-refractivity contribution in [3.63, 3.8) is 0 Å². The van der Waals surface area contributed by atoms with Crippen LogP contribution >= 0.6 is 0 Å². The molecule has 0 atom stereocenters. The monoisotopic (exact) mass is 394 g/mol. The van der Waals surface area contributed by atoms with Crippen molar-refractivity contribution in [2.45, 2.75) is 43.5 Å². The van der Waals surface area contributed by atoms with Crippen molar-refractivity contribution < 1.29 is 22.3 Å². The maximum absolute atomic E-state index is 14.9. The maximum atomic E-state index is 14.9. The van der Waals surface area contributed by atoms with E-state index in [4.69, 9.17) is 0 Å². The van der Waals surface area contributed by atoms with E-state index >= 15 is 0 Å². The Morgan fingerprint density at radius 1 is 1.15 bits per heavy atom. The fourth-order valence-electron chi connectivity index (χ4n) is 3.74. The second kappa shape index (κ2) is 6.51. The minimum absolute atomic E-state index is 0.124. The van der Waals surface area contributed by atoms with Gasteiger partial charge in [0.25, 0.3) is 0 Å². The van der Waals surface area contributed by atoms with Crippen molar-refractivity contribution >= 4 is 27.2 Å². The van der Waals surface area contributed by atoms with Gasteiger partial charge >= 0.3 is 5.97 Å². The summed E-state index contributed by atoms with van der Waals surface area (Å²) in [5.41, 5.74) is 0.872. The van der Waals surface area contributed by atoms with Gasteiger partial charge in [-0.15, -0.1) is 0 Å². The lowest BCUT2D eigenvalue weighted by atomic mass is 9.98. The molecule has 0 unspecified atom stereocenters. The molecule has 2 fully saturated rings. The highest BCUT2D eigenvalue weighted by Gasteiger charge is 2.41. The predicted octanol–water partition coefficient (Wildman–Crippen LogP) is 2.83. The Hall–Kier alpha value is -2.09.